The van der Waals surface area contributed by atoms with Crippen molar-refractivity contribution in [2.24, 2.45) is 5.92 Å². The minimum absolute atomic E-state index is 0.244. The van der Waals surface area contributed by atoms with Crippen LogP contribution in [0.1, 0.15) is 109 Å². The minimum Gasteiger partial charge on any atom is -0.308 e. The molecule has 0 spiro atoms. The third kappa shape index (κ3) is 7.32. The second-order valence-electron chi connectivity index (χ2n) is 11.8. The first-order chi connectivity index (χ1) is 18.2. The van der Waals surface area contributed by atoms with Gasteiger partial charge in [-0.25, -0.2) is 0 Å². The van der Waals surface area contributed by atoms with Crippen LogP contribution in [0.25, 0.3) is 5.57 Å². The second kappa shape index (κ2) is 14.0. The summed E-state index contributed by atoms with van der Waals surface area (Å²) in [6.45, 7) is 19.7. The first kappa shape index (κ1) is 30.0. The summed E-state index contributed by atoms with van der Waals surface area (Å²) in [6.07, 6.45) is 14.9. The Morgan fingerprint density at radius 2 is 1.84 bits per heavy atom. The molecule has 2 N–H and O–H groups in total. The van der Waals surface area contributed by atoms with Crippen molar-refractivity contribution >= 4 is 17.5 Å². The van der Waals surface area contributed by atoms with E-state index in [2.05, 4.69) is 83.4 Å². The summed E-state index contributed by atoms with van der Waals surface area (Å²) in [5.41, 5.74) is 11.4. The SMILES string of the molecule is C=C(C=N)C(C)N1CCC(c2ccc(C)c(/C(=C(CCC)/C3=C/CCCCC(=N)/C(C)=C\3)C(C)C)c2)CC1. The van der Waals surface area contributed by atoms with Crippen LogP contribution < -0.4 is 0 Å². The van der Waals surface area contributed by atoms with Gasteiger partial charge in [-0.3, -0.25) is 4.90 Å². The first-order valence-electron chi connectivity index (χ1n) is 14.9. The Kier molecular flexibility index (Phi) is 11.1. The first-order valence-corrected chi connectivity index (χ1v) is 14.9. The average molecular weight is 514 g/mol. The second-order valence-corrected chi connectivity index (χ2v) is 11.8. The molecule has 3 nitrogen and oxygen atoms in total. The van der Waals surface area contributed by atoms with Crippen LogP contribution in [0.4, 0.5) is 0 Å². The van der Waals surface area contributed by atoms with Gasteiger partial charge in [0.15, 0.2) is 0 Å². The van der Waals surface area contributed by atoms with Crippen molar-refractivity contribution in [3.05, 3.63) is 75.9 Å². The van der Waals surface area contributed by atoms with Gasteiger partial charge in [-0.2, -0.15) is 0 Å². The number of nitrogens with one attached hydrogen (secondary N) is 2. The summed E-state index contributed by atoms with van der Waals surface area (Å²) in [5, 5.41) is 16.1. The molecule has 3 rings (SSSR count). The van der Waals surface area contributed by atoms with Crippen LogP contribution in [0, 0.1) is 23.7 Å². The van der Waals surface area contributed by atoms with Crippen molar-refractivity contribution in [1.29, 1.82) is 10.8 Å². The Bertz CT molecular complexity index is 1110. The maximum absolute atomic E-state index is 8.54. The number of aryl methyl sites for hydroxylation is 1. The van der Waals surface area contributed by atoms with E-state index in [0.717, 1.165) is 81.3 Å². The van der Waals surface area contributed by atoms with Crippen LogP contribution >= 0.6 is 0 Å². The Labute approximate surface area is 232 Å². The van der Waals surface area contributed by atoms with E-state index >= 15 is 0 Å². The molecule has 0 amide bonds. The fourth-order valence-electron chi connectivity index (χ4n) is 6.16. The lowest BCUT2D eigenvalue weighted by Gasteiger charge is -2.36. The van der Waals surface area contributed by atoms with Crippen LogP contribution in [0.15, 0.2) is 59.2 Å². The fourth-order valence-corrected chi connectivity index (χ4v) is 6.16. The minimum atomic E-state index is 0.244. The number of nitrogens with zero attached hydrogens (tertiary/aromatic N) is 1. The maximum atomic E-state index is 8.54. The molecule has 1 heterocycles. The number of hydrogen-bond donors (Lipinski definition) is 2. The van der Waals surface area contributed by atoms with Gasteiger partial charge in [0, 0.05) is 18.0 Å². The molecule has 0 radical (unpaired) electrons. The molecule has 0 aromatic heterocycles. The van der Waals surface area contributed by atoms with Gasteiger partial charge < -0.3 is 10.8 Å². The lowest BCUT2D eigenvalue weighted by molar-refractivity contribution is 0.184. The number of rotatable bonds is 9. The van der Waals surface area contributed by atoms with E-state index in [1.54, 1.807) is 0 Å². The van der Waals surface area contributed by atoms with Crippen molar-refractivity contribution in [3.8, 4) is 0 Å². The number of benzene rings is 1. The highest BCUT2D eigenvalue weighted by Crippen LogP contribution is 2.39. The molecule has 1 aromatic rings. The van der Waals surface area contributed by atoms with Gasteiger partial charge in [-0.1, -0.05) is 64.1 Å². The maximum Gasteiger partial charge on any atom is 0.0343 e. The van der Waals surface area contributed by atoms with Crippen molar-refractivity contribution in [3.63, 3.8) is 0 Å². The molecule has 206 valence electrons. The van der Waals surface area contributed by atoms with Gasteiger partial charge in [-0.15, -0.1) is 0 Å². The average Bonchev–Trinajstić information content (AvgIpc) is 2.99. The summed E-state index contributed by atoms with van der Waals surface area (Å²) in [5.74, 6) is 0.989. The predicted molar refractivity (Wildman–Crippen MR) is 167 cm³/mol. The number of allylic oxidation sites excluding steroid dienone is 6. The van der Waals surface area contributed by atoms with Crippen molar-refractivity contribution < 1.29 is 0 Å². The third-order valence-corrected chi connectivity index (χ3v) is 8.67. The van der Waals surface area contributed by atoms with E-state index in [1.165, 1.54) is 39.6 Å². The summed E-state index contributed by atoms with van der Waals surface area (Å²) in [6, 6.07) is 7.46. The van der Waals surface area contributed by atoms with Gasteiger partial charge in [0.25, 0.3) is 0 Å². The van der Waals surface area contributed by atoms with Gasteiger partial charge >= 0.3 is 0 Å². The molecule has 1 saturated heterocycles. The summed E-state index contributed by atoms with van der Waals surface area (Å²) in [4.78, 5) is 2.48. The monoisotopic (exact) mass is 513 g/mol. The fraction of sp³-hybridized carbons (Fsp3) is 0.543. The van der Waals surface area contributed by atoms with E-state index in [-0.39, 0.29) is 6.04 Å². The Morgan fingerprint density at radius 3 is 2.47 bits per heavy atom. The molecular formula is C35H51N3. The van der Waals surface area contributed by atoms with Crippen LogP contribution in [-0.4, -0.2) is 36.0 Å². The van der Waals surface area contributed by atoms with Crippen molar-refractivity contribution in [2.45, 2.75) is 105 Å². The van der Waals surface area contributed by atoms with Crippen molar-refractivity contribution in [1.82, 2.24) is 4.90 Å². The highest BCUT2D eigenvalue weighted by atomic mass is 15.2. The molecule has 1 aliphatic heterocycles. The molecule has 1 unspecified atom stereocenters. The highest BCUT2D eigenvalue weighted by Gasteiger charge is 2.26. The van der Waals surface area contributed by atoms with Crippen LogP contribution in [-0.2, 0) is 0 Å². The molecule has 0 bridgehead atoms. The largest absolute Gasteiger partial charge is 0.308 e. The van der Waals surface area contributed by atoms with Crippen LogP contribution in [0.2, 0.25) is 0 Å². The molecular weight excluding hydrogens is 462 g/mol. The van der Waals surface area contributed by atoms with E-state index in [9.17, 15) is 0 Å². The smallest absolute Gasteiger partial charge is 0.0343 e. The predicted octanol–water partition coefficient (Wildman–Crippen LogP) is 9.44. The highest BCUT2D eigenvalue weighted by molar-refractivity contribution is 5.98. The standard InChI is InChI=1S/C35H51N3/c1-8-12-32(31-13-10-9-11-14-34(37)26(5)21-31)35(24(2)3)33-22-30(16-15-25(33)4)29-17-19-38(20-18-29)28(7)27(6)23-36/h13,15-16,21-24,28-29,36-37H,6,8-12,14,17-20H2,1-5,7H3/b26-21-,31-13+,35-32+,36-23?,37-34?. The van der Waals surface area contributed by atoms with Gasteiger partial charge in [0.05, 0.1) is 0 Å². The molecule has 3 heteroatoms. The van der Waals surface area contributed by atoms with Gasteiger partial charge in [0.1, 0.15) is 0 Å². The Hall–Kier alpha value is -2.52. The van der Waals surface area contributed by atoms with Crippen molar-refractivity contribution in [2.75, 3.05) is 13.1 Å². The Balaban J connectivity index is 2.02. The van der Waals surface area contributed by atoms with Crippen LogP contribution in [0.5, 0.6) is 0 Å². The Morgan fingerprint density at radius 1 is 1.13 bits per heavy atom. The number of piperidine rings is 1. The van der Waals surface area contributed by atoms with E-state index < -0.39 is 0 Å². The lowest BCUT2D eigenvalue weighted by Crippen LogP contribution is -2.40. The molecule has 2 aliphatic rings. The molecule has 1 aromatic carbocycles. The van der Waals surface area contributed by atoms with Gasteiger partial charge in [-0.05, 0) is 135 Å². The normalized spacial score (nSPS) is 22.3. The molecule has 1 fully saturated rings. The third-order valence-electron chi connectivity index (χ3n) is 8.67. The summed E-state index contributed by atoms with van der Waals surface area (Å²) >= 11 is 0. The summed E-state index contributed by atoms with van der Waals surface area (Å²) < 4.78 is 0. The zero-order valence-electron chi connectivity index (χ0n) is 24.9. The molecule has 1 aliphatic carbocycles. The van der Waals surface area contributed by atoms with E-state index in [0.29, 0.717) is 11.8 Å². The molecule has 0 saturated carbocycles. The van der Waals surface area contributed by atoms with E-state index in [1.807, 2.05) is 0 Å². The summed E-state index contributed by atoms with van der Waals surface area (Å²) in [7, 11) is 0. The zero-order valence-corrected chi connectivity index (χ0v) is 24.9. The molecule has 38 heavy (non-hydrogen) atoms. The topological polar surface area (TPSA) is 50.9 Å². The number of hydrogen-bond acceptors (Lipinski definition) is 3. The quantitative estimate of drug-likeness (QED) is 0.317. The van der Waals surface area contributed by atoms with Gasteiger partial charge in [0.2, 0.25) is 0 Å². The molecule has 1 atom stereocenters. The lowest BCUT2D eigenvalue weighted by atomic mass is 9.80. The zero-order chi connectivity index (χ0) is 27.8. The van der Waals surface area contributed by atoms with E-state index in [4.69, 9.17) is 10.8 Å². The number of likely N-dealkylation sites (tertiary alicyclic amines) is 1. The van der Waals surface area contributed by atoms with Crippen LogP contribution in [0.3, 0.4) is 0 Å².